The molecule has 0 bridgehead atoms. The van der Waals surface area contributed by atoms with Crippen molar-refractivity contribution in [2.45, 2.75) is 46.0 Å². The zero-order valence-corrected chi connectivity index (χ0v) is 16.5. The van der Waals surface area contributed by atoms with Gasteiger partial charge in [0.05, 0.1) is 11.2 Å². The Balaban J connectivity index is 2.45. The van der Waals surface area contributed by atoms with Crippen molar-refractivity contribution in [2.24, 2.45) is 0 Å². The van der Waals surface area contributed by atoms with Crippen molar-refractivity contribution in [1.29, 1.82) is 0 Å². The average Bonchev–Trinajstić information content (AvgIpc) is 3.03. The molecule has 0 radical (unpaired) electrons. The topological polar surface area (TPSA) is 34.4 Å². The van der Waals surface area contributed by atoms with Crippen molar-refractivity contribution in [1.82, 2.24) is 9.61 Å². The maximum Gasteiger partial charge on any atom is 0.142 e. The summed E-state index contributed by atoms with van der Waals surface area (Å²) >= 11 is 0. The Morgan fingerprint density at radius 1 is 1.07 bits per heavy atom. The fourth-order valence-electron chi connectivity index (χ4n) is 3.46. The summed E-state index contributed by atoms with van der Waals surface area (Å²) in [7, 11) is 0. The van der Waals surface area contributed by atoms with Crippen LogP contribution in [-0.4, -0.2) is 15.9 Å². The molecule has 3 rings (SSSR count). The number of nitrogens with zero attached hydrogens (tertiary/aromatic N) is 2. The van der Waals surface area contributed by atoms with Crippen molar-refractivity contribution in [3.8, 4) is 11.3 Å². The number of benzene rings is 1. The molecule has 0 atom stereocenters. The average molecular weight is 364 g/mol. The van der Waals surface area contributed by atoms with Crippen LogP contribution in [0.15, 0.2) is 42.5 Å². The van der Waals surface area contributed by atoms with E-state index in [4.69, 9.17) is 5.10 Å². The Morgan fingerprint density at radius 2 is 1.74 bits per heavy atom. The molecule has 3 nitrogen and oxygen atoms in total. The highest BCUT2D eigenvalue weighted by molar-refractivity contribution is 5.84. The van der Waals surface area contributed by atoms with Gasteiger partial charge in [-0.1, -0.05) is 34.6 Å². The summed E-state index contributed by atoms with van der Waals surface area (Å²) in [6, 6.07) is 10.5. The number of hydrogen-bond acceptors (Lipinski definition) is 2. The molecule has 27 heavy (non-hydrogen) atoms. The number of hydrogen-bond donors (Lipinski definition) is 0. The summed E-state index contributed by atoms with van der Waals surface area (Å²) < 4.78 is 15.4. The molecule has 140 valence electrons. The van der Waals surface area contributed by atoms with Crippen molar-refractivity contribution >= 4 is 17.9 Å². The Kier molecular flexibility index (Phi) is 5.01. The first kappa shape index (κ1) is 19.0. The molecule has 1 aromatic carbocycles. The van der Waals surface area contributed by atoms with Crippen LogP contribution >= 0.6 is 0 Å². The predicted octanol–water partition coefficient (Wildman–Crippen LogP) is 5.77. The number of fused-ring (bicyclic) bond motifs is 1. The van der Waals surface area contributed by atoms with E-state index in [-0.39, 0.29) is 17.2 Å². The van der Waals surface area contributed by atoms with Gasteiger partial charge in [-0.05, 0) is 60.0 Å². The van der Waals surface area contributed by atoms with Crippen LogP contribution in [0.1, 0.15) is 57.4 Å². The third-order valence-electron chi connectivity index (χ3n) is 4.68. The quantitative estimate of drug-likeness (QED) is 0.435. The van der Waals surface area contributed by atoms with E-state index in [0.29, 0.717) is 0 Å². The van der Waals surface area contributed by atoms with Crippen LogP contribution < -0.4 is 0 Å². The summed E-state index contributed by atoms with van der Waals surface area (Å²) in [5, 5.41) is 4.92. The van der Waals surface area contributed by atoms with E-state index in [2.05, 4.69) is 46.8 Å². The van der Waals surface area contributed by atoms with Gasteiger partial charge in [-0.3, -0.25) is 4.79 Å². The highest BCUT2D eigenvalue weighted by Crippen LogP contribution is 2.35. The molecule has 0 amide bonds. The minimum absolute atomic E-state index is 0.0755. The van der Waals surface area contributed by atoms with Gasteiger partial charge in [-0.25, -0.2) is 8.91 Å². The maximum atomic E-state index is 13.5. The maximum absolute atomic E-state index is 13.5. The number of rotatable bonds is 4. The van der Waals surface area contributed by atoms with Crippen LogP contribution in [0.25, 0.3) is 22.9 Å². The molecule has 0 aliphatic carbocycles. The van der Waals surface area contributed by atoms with Crippen molar-refractivity contribution in [3.63, 3.8) is 0 Å². The summed E-state index contributed by atoms with van der Waals surface area (Å²) in [5.41, 5.74) is 5.64. The Morgan fingerprint density at radius 3 is 2.30 bits per heavy atom. The van der Waals surface area contributed by atoms with E-state index in [1.807, 2.05) is 4.52 Å². The first-order valence-corrected chi connectivity index (χ1v) is 9.18. The molecule has 2 heterocycles. The fourth-order valence-corrected chi connectivity index (χ4v) is 3.46. The van der Waals surface area contributed by atoms with E-state index in [1.54, 1.807) is 18.2 Å². The molecule has 0 aliphatic rings. The van der Waals surface area contributed by atoms with Crippen molar-refractivity contribution in [3.05, 3.63) is 65.1 Å². The van der Waals surface area contributed by atoms with Crippen LogP contribution in [0.2, 0.25) is 0 Å². The molecule has 0 saturated carbocycles. The fraction of sp³-hybridized carbons (Fsp3) is 0.304. The van der Waals surface area contributed by atoms with Crippen molar-refractivity contribution < 1.29 is 9.18 Å². The Bertz CT molecular complexity index is 1010. The van der Waals surface area contributed by atoms with Crippen LogP contribution in [-0.2, 0) is 10.2 Å². The molecule has 2 aromatic heterocycles. The summed E-state index contributed by atoms with van der Waals surface area (Å²) in [4.78, 5) is 11.0. The number of carbonyl (C=O) groups is 1. The minimum atomic E-state index is -0.287. The van der Waals surface area contributed by atoms with Gasteiger partial charge in [-0.15, -0.1) is 0 Å². The molecular weight excluding hydrogens is 339 g/mol. The highest BCUT2D eigenvalue weighted by atomic mass is 19.1. The van der Waals surface area contributed by atoms with Crippen LogP contribution in [0.3, 0.4) is 0 Å². The number of carbonyl (C=O) groups excluding carboxylic acids is 1. The lowest BCUT2D eigenvalue weighted by molar-refractivity contribution is -0.104. The molecule has 4 heteroatoms. The van der Waals surface area contributed by atoms with Gasteiger partial charge in [0.1, 0.15) is 12.1 Å². The number of halogens is 1. The second-order valence-electron chi connectivity index (χ2n) is 8.10. The monoisotopic (exact) mass is 364 g/mol. The summed E-state index contributed by atoms with van der Waals surface area (Å²) in [6.07, 6.45) is 4.05. The van der Waals surface area contributed by atoms with Gasteiger partial charge >= 0.3 is 0 Å². The van der Waals surface area contributed by atoms with Crippen LogP contribution in [0, 0.1) is 5.82 Å². The van der Waals surface area contributed by atoms with E-state index in [9.17, 15) is 9.18 Å². The first-order chi connectivity index (χ1) is 12.7. The van der Waals surface area contributed by atoms with Crippen LogP contribution in [0.4, 0.5) is 4.39 Å². The van der Waals surface area contributed by atoms with E-state index < -0.39 is 0 Å². The molecule has 0 spiro atoms. The lowest BCUT2D eigenvalue weighted by Crippen LogP contribution is -2.17. The second-order valence-corrected chi connectivity index (χ2v) is 8.10. The molecule has 3 aromatic rings. The Hall–Kier alpha value is -2.75. The Labute approximate surface area is 159 Å². The first-order valence-electron chi connectivity index (χ1n) is 9.18. The summed E-state index contributed by atoms with van der Waals surface area (Å²) in [5.74, 6) is -0.0611. The molecule has 0 fully saturated rings. The third kappa shape index (κ3) is 3.57. The van der Waals surface area contributed by atoms with Gasteiger partial charge in [0.25, 0.3) is 0 Å². The molecule has 0 saturated heterocycles. The smallest absolute Gasteiger partial charge is 0.142 e. The molecule has 0 N–H and O–H groups in total. The normalized spacial score (nSPS) is 12.4. The molecule has 0 unspecified atom stereocenters. The van der Waals surface area contributed by atoms with Gasteiger partial charge in [-0.2, -0.15) is 5.10 Å². The number of allylic oxidation sites excluding steroid dienone is 1. The van der Waals surface area contributed by atoms with Gasteiger partial charge < -0.3 is 0 Å². The standard InChI is InChI=1S/C23H25FN2O/c1-15(2)21-18(7-6-14-27)22(16-8-10-17(24)11-9-16)25-26-19(21)12-13-20(26)23(3,4)5/h6-15H,1-5H3/b7-6+. The highest BCUT2D eigenvalue weighted by Gasteiger charge is 2.23. The number of aromatic nitrogens is 2. The van der Waals surface area contributed by atoms with E-state index in [0.717, 1.165) is 39.9 Å². The second kappa shape index (κ2) is 7.10. The summed E-state index contributed by atoms with van der Waals surface area (Å²) in [6.45, 7) is 10.7. The largest absolute Gasteiger partial charge is 0.299 e. The van der Waals surface area contributed by atoms with Gasteiger partial charge in [0.15, 0.2) is 0 Å². The van der Waals surface area contributed by atoms with Gasteiger partial charge in [0, 0.05) is 22.2 Å². The van der Waals surface area contributed by atoms with Crippen LogP contribution in [0.5, 0.6) is 0 Å². The SMILES string of the molecule is CC(C)c1c(/C=C/C=O)c(-c2ccc(F)cc2)nn2c(C(C)(C)C)ccc12. The minimum Gasteiger partial charge on any atom is -0.299 e. The third-order valence-corrected chi connectivity index (χ3v) is 4.68. The zero-order valence-electron chi connectivity index (χ0n) is 16.5. The molecular formula is C23H25FN2O. The zero-order chi connectivity index (χ0) is 19.8. The lowest BCUT2D eigenvalue weighted by Gasteiger charge is -2.21. The van der Waals surface area contributed by atoms with Gasteiger partial charge in [0.2, 0.25) is 0 Å². The number of aldehydes is 1. The van der Waals surface area contributed by atoms with E-state index >= 15 is 0 Å². The van der Waals surface area contributed by atoms with Crippen molar-refractivity contribution in [2.75, 3.05) is 0 Å². The lowest BCUT2D eigenvalue weighted by atomic mass is 9.92. The molecule has 0 aliphatic heterocycles. The van der Waals surface area contributed by atoms with E-state index in [1.165, 1.54) is 18.2 Å². The predicted molar refractivity (Wildman–Crippen MR) is 108 cm³/mol.